The Kier molecular flexibility index (Phi) is 2.69. The molecule has 0 saturated heterocycles. The number of hydrogen-bond acceptors (Lipinski definition) is 1. The Balaban J connectivity index is 2.79. The maximum Gasteiger partial charge on any atom is 0.186 e. The fraction of sp³-hybridized carbons (Fsp3) is 0.222. The second-order valence-corrected chi connectivity index (χ2v) is 2.64. The third-order valence-electron chi connectivity index (χ3n) is 1.62. The average Bonchev–Trinajstić information content (AvgIpc) is 2.05. The maximum absolute atomic E-state index is 5.26. The number of nitrogens with zero attached hydrogens (tertiary/aromatic N) is 1. The van der Waals surface area contributed by atoms with Gasteiger partial charge in [0.05, 0.1) is 6.04 Å². The highest BCUT2D eigenvalue weighted by atomic mass is 15.0. The van der Waals surface area contributed by atoms with Gasteiger partial charge in [0, 0.05) is 0 Å². The second kappa shape index (κ2) is 3.76. The van der Waals surface area contributed by atoms with E-state index in [1.54, 1.807) is 0 Å². The minimum atomic E-state index is 0.0381. The molecular formula is C9H13N3. The van der Waals surface area contributed by atoms with Gasteiger partial charge in [0.25, 0.3) is 0 Å². The highest BCUT2D eigenvalue weighted by Gasteiger charge is 2.00. The highest BCUT2D eigenvalue weighted by molar-refractivity contribution is 5.75. The predicted octanol–water partition coefficient (Wildman–Crippen LogP) is 1.02. The van der Waals surface area contributed by atoms with Crippen molar-refractivity contribution in [2.24, 2.45) is 16.5 Å². The molecule has 0 fully saturated rings. The van der Waals surface area contributed by atoms with Gasteiger partial charge in [0.2, 0.25) is 0 Å². The molecule has 0 spiro atoms. The third-order valence-corrected chi connectivity index (χ3v) is 1.62. The van der Waals surface area contributed by atoms with Crippen molar-refractivity contribution in [3.63, 3.8) is 0 Å². The number of hydrogen-bond donors (Lipinski definition) is 2. The molecular weight excluding hydrogens is 150 g/mol. The first-order valence-electron chi connectivity index (χ1n) is 3.84. The standard InChI is InChI=1S/C9H13N3/c1-7(12-9(10)11)8-5-3-2-4-6-8/h2-7H,1H3,(H4,10,11,12)/t7-/m1/s1. The van der Waals surface area contributed by atoms with Crippen molar-refractivity contribution in [3.05, 3.63) is 35.9 Å². The van der Waals surface area contributed by atoms with E-state index in [1.807, 2.05) is 37.3 Å². The molecule has 1 atom stereocenters. The normalized spacial score (nSPS) is 12.1. The topological polar surface area (TPSA) is 64.4 Å². The van der Waals surface area contributed by atoms with Crippen LogP contribution in [-0.4, -0.2) is 5.96 Å². The fourth-order valence-corrected chi connectivity index (χ4v) is 1.03. The lowest BCUT2D eigenvalue weighted by molar-refractivity contribution is 0.816. The van der Waals surface area contributed by atoms with Crippen LogP contribution in [0.4, 0.5) is 0 Å². The number of nitrogens with two attached hydrogens (primary N) is 2. The number of guanidine groups is 1. The molecule has 0 amide bonds. The van der Waals surface area contributed by atoms with Crippen LogP contribution < -0.4 is 11.5 Å². The molecule has 0 bridgehead atoms. The van der Waals surface area contributed by atoms with Crippen LogP contribution in [0.3, 0.4) is 0 Å². The Labute approximate surface area is 72.1 Å². The molecule has 64 valence electrons. The monoisotopic (exact) mass is 163 g/mol. The summed E-state index contributed by atoms with van der Waals surface area (Å²) in [6.45, 7) is 1.95. The Morgan fingerprint density at radius 2 is 1.83 bits per heavy atom. The molecule has 4 N–H and O–H groups in total. The summed E-state index contributed by atoms with van der Waals surface area (Å²) >= 11 is 0. The van der Waals surface area contributed by atoms with Gasteiger partial charge in [-0.15, -0.1) is 0 Å². The number of rotatable bonds is 2. The van der Waals surface area contributed by atoms with Gasteiger partial charge in [-0.25, -0.2) is 4.99 Å². The largest absolute Gasteiger partial charge is 0.370 e. The maximum atomic E-state index is 5.26. The Morgan fingerprint density at radius 3 is 2.33 bits per heavy atom. The van der Waals surface area contributed by atoms with Gasteiger partial charge < -0.3 is 11.5 Å². The third kappa shape index (κ3) is 2.27. The van der Waals surface area contributed by atoms with Crippen molar-refractivity contribution in [1.29, 1.82) is 0 Å². The van der Waals surface area contributed by atoms with Crippen LogP contribution in [0.15, 0.2) is 35.3 Å². The zero-order chi connectivity index (χ0) is 8.97. The summed E-state index contributed by atoms with van der Waals surface area (Å²) < 4.78 is 0. The van der Waals surface area contributed by atoms with E-state index in [2.05, 4.69) is 4.99 Å². The summed E-state index contributed by atoms with van der Waals surface area (Å²) in [5, 5.41) is 0. The van der Waals surface area contributed by atoms with Gasteiger partial charge in [-0.2, -0.15) is 0 Å². The van der Waals surface area contributed by atoms with Crippen molar-refractivity contribution in [1.82, 2.24) is 0 Å². The van der Waals surface area contributed by atoms with Gasteiger partial charge in [-0.05, 0) is 12.5 Å². The molecule has 0 saturated carbocycles. The second-order valence-electron chi connectivity index (χ2n) is 2.64. The van der Waals surface area contributed by atoms with Crippen LogP contribution in [0, 0.1) is 0 Å². The van der Waals surface area contributed by atoms with E-state index >= 15 is 0 Å². The van der Waals surface area contributed by atoms with Crippen LogP contribution >= 0.6 is 0 Å². The van der Waals surface area contributed by atoms with Crippen molar-refractivity contribution >= 4 is 5.96 Å². The summed E-state index contributed by atoms with van der Waals surface area (Å²) in [4.78, 5) is 4.02. The van der Waals surface area contributed by atoms with Gasteiger partial charge in [0.15, 0.2) is 5.96 Å². The van der Waals surface area contributed by atoms with E-state index in [4.69, 9.17) is 11.5 Å². The molecule has 12 heavy (non-hydrogen) atoms. The molecule has 3 heteroatoms. The lowest BCUT2D eigenvalue weighted by atomic mass is 10.1. The molecule has 0 heterocycles. The predicted molar refractivity (Wildman–Crippen MR) is 50.7 cm³/mol. The zero-order valence-electron chi connectivity index (χ0n) is 7.07. The van der Waals surface area contributed by atoms with Crippen LogP contribution in [0.5, 0.6) is 0 Å². The van der Waals surface area contributed by atoms with Gasteiger partial charge in [-0.1, -0.05) is 30.3 Å². The van der Waals surface area contributed by atoms with E-state index in [0.717, 1.165) is 5.56 Å². The van der Waals surface area contributed by atoms with E-state index in [-0.39, 0.29) is 12.0 Å². The minimum absolute atomic E-state index is 0.0381. The summed E-state index contributed by atoms with van der Waals surface area (Å²) in [6.07, 6.45) is 0. The van der Waals surface area contributed by atoms with Crippen LogP contribution in [-0.2, 0) is 0 Å². The number of benzene rings is 1. The van der Waals surface area contributed by atoms with Crippen molar-refractivity contribution in [2.45, 2.75) is 13.0 Å². The van der Waals surface area contributed by atoms with E-state index < -0.39 is 0 Å². The Morgan fingerprint density at radius 1 is 1.25 bits per heavy atom. The molecule has 0 aliphatic carbocycles. The molecule has 1 aromatic carbocycles. The van der Waals surface area contributed by atoms with Gasteiger partial charge in [0.1, 0.15) is 0 Å². The zero-order valence-corrected chi connectivity index (χ0v) is 7.07. The first kappa shape index (κ1) is 8.59. The van der Waals surface area contributed by atoms with Crippen molar-refractivity contribution < 1.29 is 0 Å². The summed E-state index contributed by atoms with van der Waals surface area (Å²) in [5.74, 6) is 0.131. The molecule has 0 radical (unpaired) electrons. The van der Waals surface area contributed by atoms with Crippen LogP contribution in [0.2, 0.25) is 0 Å². The van der Waals surface area contributed by atoms with Crippen molar-refractivity contribution in [2.75, 3.05) is 0 Å². The quantitative estimate of drug-likeness (QED) is 0.505. The van der Waals surface area contributed by atoms with Crippen molar-refractivity contribution in [3.8, 4) is 0 Å². The van der Waals surface area contributed by atoms with Crippen LogP contribution in [0.25, 0.3) is 0 Å². The molecule has 0 aliphatic rings. The molecule has 1 rings (SSSR count). The van der Waals surface area contributed by atoms with E-state index in [0.29, 0.717) is 0 Å². The Hall–Kier alpha value is -1.51. The molecule has 1 aromatic rings. The molecule has 0 unspecified atom stereocenters. The minimum Gasteiger partial charge on any atom is -0.370 e. The Bertz CT molecular complexity index is 262. The van der Waals surface area contributed by atoms with Gasteiger partial charge in [-0.3, -0.25) is 0 Å². The highest BCUT2D eigenvalue weighted by Crippen LogP contribution is 2.14. The summed E-state index contributed by atoms with van der Waals surface area (Å²) in [6, 6.07) is 9.93. The van der Waals surface area contributed by atoms with E-state index in [9.17, 15) is 0 Å². The first-order chi connectivity index (χ1) is 5.70. The lowest BCUT2D eigenvalue weighted by Crippen LogP contribution is -2.23. The lowest BCUT2D eigenvalue weighted by Gasteiger charge is -2.05. The SMILES string of the molecule is C[C@@H](N=C(N)N)c1ccccc1. The summed E-state index contributed by atoms with van der Waals surface area (Å²) in [5.41, 5.74) is 11.6. The van der Waals surface area contributed by atoms with Gasteiger partial charge >= 0.3 is 0 Å². The van der Waals surface area contributed by atoms with Crippen LogP contribution in [0.1, 0.15) is 18.5 Å². The average molecular weight is 163 g/mol. The molecule has 3 nitrogen and oxygen atoms in total. The fourth-order valence-electron chi connectivity index (χ4n) is 1.03. The first-order valence-corrected chi connectivity index (χ1v) is 3.84. The number of aliphatic imine (C=N–C) groups is 1. The molecule has 0 aliphatic heterocycles. The molecule has 0 aromatic heterocycles. The van der Waals surface area contributed by atoms with E-state index in [1.165, 1.54) is 0 Å². The summed E-state index contributed by atoms with van der Waals surface area (Å²) in [7, 11) is 0. The smallest absolute Gasteiger partial charge is 0.186 e.